The van der Waals surface area contributed by atoms with Crippen LogP contribution in [0.4, 0.5) is 0 Å². The SMILES string of the molecule is NC[C@H]1CC[C@@H](CC(=O)NCc2cc(-c3ccccc3)n[nH]2)N1CC1CC1. The smallest absolute Gasteiger partial charge is 0.221 e. The van der Waals surface area contributed by atoms with E-state index in [9.17, 15) is 4.79 Å². The second-order valence-corrected chi connectivity index (χ2v) is 7.89. The molecule has 144 valence electrons. The van der Waals surface area contributed by atoms with Gasteiger partial charge in [0, 0.05) is 37.2 Å². The van der Waals surface area contributed by atoms with E-state index in [-0.39, 0.29) is 5.91 Å². The van der Waals surface area contributed by atoms with Crippen molar-refractivity contribution in [2.75, 3.05) is 13.1 Å². The van der Waals surface area contributed by atoms with Crippen molar-refractivity contribution in [2.24, 2.45) is 11.7 Å². The average molecular weight is 367 g/mol. The Balaban J connectivity index is 1.29. The number of amides is 1. The number of nitrogens with two attached hydrogens (primary N) is 1. The van der Waals surface area contributed by atoms with Gasteiger partial charge in [-0.3, -0.25) is 14.8 Å². The van der Waals surface area contributed by atoms with E-state index >= 15 is 0 Å². The first-order valence-electron chi connectivity index (χ1n) is 10.0. The first kappa shape index (κ1) is 18.2. The molecule has 1 amide bonds. The number of likely N-dealkylation sites (tertiary alicyclic amines) is 1. The molecule has 0 unspecified atom stereocenters. The zero-order valence-corrected chi connectivity index (χ0v) is 15.7. The van der Waals surface area contributed by atoms with Gasteiger partial charge in [0.1, 0.15) is 0 Å². The highest BCUT2D eigenvalue weighted by Gasteiger charge is 2.37. The van der Waals surface area contributed by atoms with Crippen LogP contribution in [-0.2, 0) is 11.3 Å². The van der Waals surface area contributed by atoms with Gasteiger partial charge in [0.2, 0.25) is 5.91 Å². The molecule has 0 spiro atoms. The van der Waals surface area contributed by atoms with Gasteiger partial charge in [-0.1, -0.05) is 30.3 Å². The number of aromatic nitrogens is 2. The third kappa shape index (κ3) is 4.57. The van der Waals surface area contributed by atoms with Crippen LogP contribution in [0.3, 0.4) is 0 Å². The minimum Gasteiger partial charge on any atom is -0.350 e. The van der Waals surface area contributed by atoms with Crippen molar-refractivity contribution < 1.29 is 4.79 Å². The van der Waals surface area contributed by atoms with Crippen molar-refractivity contribution in [3.63, 3.8) is 0 Å². The molecule has 1 aromatic carbocycles. The normalized spacial score (nSPS) is 22.9. The molecule has 6 heteroatoms. The molecule has 1 saturated carbocycles. The fourth-order valence-electron chi connectivity index (χ4n) is 4.07. The van der Waals surface area contributed by atoms with E-state index in [1.165, 1.54) is 12.8 Å². The summed E-state index contributed by atoms with van der Waals surface area (Å²) in [7, 11) is 0. The predicted octanol–water partition coefficient (Wildman–Crippen LogP) is 2.28. The standard InChI is InChI=1S/C21H29N5O/c22-12-19-9-8-18(26(19)14-15-6-7-15)11-21(27)23-13-17-10-20(25-24-17)16-4-2-1-3-5-16/h1-5,10,15,18-19H,6-9,11-14,22H2,(H,23,27)(H,24,25)/t18-,19+/m0/s1. The number of aromatic amines is 1. The summed E-state index contributed by atoms with van der Waals surface area (Å²) in [5.41, 5.74) is 8.83. The minimum atomic E-state index is 0.106. The summed E-state index contributed by atoms with van der Waals surface area (Å²) in [4.78, 5) is 15.0. The molecule has 0 bridgehead atoms. The molecular weight excluding hydrogens is 338 g/mol. The van der Waals surface area contributed by atoms with Gasteiger partial charge in [0.25, 0.3) is 0 Å². The van der Waals surface area contributed by atoms with E-state index in [0.29, 0.717) is 31.6 Å². The molecule has 0 radical (unpaired) electrons. The number of nitrogens with one attached hydrogen (secondary N) is 2. The van der Waals surface area contributed by atoms with Gasteiger partial charge >= 0.3 is 0 Å². The van der Waals surface area contributed by atoms with Gasteiger partial charge in [-0.25, -0.2) is 0 Å². The van der Waals surface area contributed by atoms with Crippen LogP contribution in [0.15, 0.2) is 36.4 Å². The van der Waals surface area contributed by atoms with Crippen molar-refractivity contribution in [2.45, 2.75) is 50.7 Å². The lowest BCUT2D eigenvalue weighted by molar-refractivity contribution is -0.122. The molecule has 4 rings (SSSR count). The molecule has 1 aliphatic carbocycles. The average Bonchev–Trinajstić information content (AvgIpc) is 3.25. The Morgan fingerprint density at radius 1 is 1.19 bits per heavy atom. The van der Waals surface area contributed by atoms with Crippen molar-refractivity contribution >= 4 is 5.91 Å². The van der Waals surface area contributed by atoms with Crippen molar-refractivity contribution in [3.05, 3.63) is 42.1 Å². The predicted molar refractivity (Wildman–Crippen MR) is 106 cm³/mol. The Bertz CT molecular complexity index is 755. The third-order valence-electron chi connectivity index (χ3n) is 5.81. The number of carbonyl (C=O) groups is 1. The lowest BCUT2D eigenvalue weighted by Crippen LogP contribution is -2.43. The van der Waals surface area contributed by atoms with E-state index in [1.54, 1.807) is 0 Å². The van der Waals surface area contributed by atoms with Crippen LogP contribution < -0.4 is 11.1 Å². The second kappa shape index (κ2) is 8.23. The molecular formula is C21H29N5O. The number of benzene rings is 1. The fourth-order valence-corrected chi connectivity index (χ4v) is 4.07. The van der Waals surface area contributed by atoms with Gasteiger partial charge in [-0.05, 0) is 37.7 Å². The molecule has 2 aliphatic rings. The molecule has 2 aromatic rings. The highest BCUT2D eigenvalue weighted by Crippen LogP contribution is 2.35. The summed E-state index contributed by atoms with van der Waals surface area (Å²) in [6, 6.07) is 12.8. The topological polar surface area (TPSA) is 87.0 Å². The Hall–Kier alpha value is -2.18. The lowest BCUT2D eigenvalue weighted by atomic mass is 10.1. The molecule has 2 heterocycles. The number of rotatable bonds is 8. The molecule has 2 fully saturated rings. The highest BCUT2D eigenvalue weighted by molar-refractivity contribution is 5.76. The third-order valence-corrected chi connectivity index (χ3v) is 5.81. The largest absolute Gasteiger partial charge is 0.350 e. The van der Waals surface area contributed by atoms with E-state index in [1.807, 2.05) is 36.4 Å². The number of hydrogen-bond acceptors (Lipinski definition) is 4. The summed E-state index contributed by atoms with van der Waals surface area (Å²) in [5.74, 6) is 0.929. The highest BCUT2D eigenvalue weighted by atomic mass is 16.1. The number of carbonyl (C=O) groups excluding carboxylic acids is 1. The van der Waals surface area contributed by atoms with E-state index in [2.05, 4.69) is 20.4 Å². The van der Waals surface area contributed by atoms with Crippen LogP contribution in [-0.4, -0.2) is 46.2 Å². The van der Waals surface area contributed by atoms with Crippen LogP contribution >= 0.6 is 0 Å². The molecule has 4 N–H and O–H groups in total. The summed E-state index contributed by atoms with van der Waals surface area (Å²) in [6.07, 6.45) is 5.40. The van der Waals surface area contributed by atoms with Crippen molar-refractivity contribution in [3.8, 4) is 11.3 Å². The zero-order chi connectivity index (χ0) is 18.6. The van der Waals surface area contributed by atoms with Crippen LogP contribution in [0.25, 0.3) is 11.3 Å². The van der Waals surface area contributed by atoms with Gasteiger partial charge in [-0.2, -0.15) is 5.10 Å². The molecule has 1 aromatic heterocycles. The summed E-state index contributed by atoms with van der Waals surface area (Å²) in [6.45, 7) is 2.29. The minimum absolute atomic E-state index is 0.106. The number of nitrogens with zero attached hydrogens (tertiary/aromatic N) is 2. The maximum atomic E-state index is 12.5. The van der Waals surface area contributed by atoms with E-state index < -0.39 is 0 Å². The number of hydrogen-bond donors (Lipinski definition) is 3. The van der Waals surface area contributed by atoms with Crippen molar-refractivity contribution in [1.82, 2.24) is 20.4 Å². The quantitative estimate of drug-likeness (QED) is 0.668. The Labute approximate surface area is 160 Å². The van der Waals surface area contributed by atoms with Crippen LogP contribution in [0, 0.1) is 5.92 Å². The fraction of sp³-hybridized carbons (Fsp3) is 0.524. The van der Waals surface area contributed by atoms with Gasteiger partial charge in [0.15, 0.2) is 0 Å². The Morgan fingerprint density at radius 2 is 1.96 bits per heavy atom. The molecule has 1 saturated heterocycles. The van der Waals surface area contributed by atoms with Crippen LogP contribution in [0.2, 0.25) is 0 Å². The first-order chi connectivity index (χ1) is 13.2. The maximum Gasteiger partial charge on any atom is 0.221 e. The first-order valence-corrected chi connectivity index (χ1v) is 10.0. The second-order valence-electron chi connectivity index (χ2n) is 7.89. The van der Waals surface area contributed by atoms with Crippen LogP contribution in [0.1, 0.15) is 37.8 Å². The zero-order valence-electron chi connectivity index (χ0n) is 15.7. The summed E-state index contributed by atoms with van der Waals surface area (Å²) < 4.78 is 0. The van der Waals surface area contributed by atoms with Crippen LogP contribution in [0.5, 0.6) is 0 Å². The monoisotopic (exact) mass is 367 g/mol. The Morgan fingerprint density at radius 3 is 2.70 bits per heavy atom. The Kier molecular flexibility index (Phi) is 5.55. The van der Waals surface area contributed by atoms with E-state index in [0.717, 1.165) is 42.3 Å². The van der Waals surface area contributed by atoms with E-state index in [4.69, 9.17) is 5.73 Å². The molecule has 27 heavy (non-hydrogen) atoms. The summed E-state index contributed by atoms with van der Waals surface area (Å²) in [5, 5.41) is 10.4. The molecule has 6 nitrogen and oxygen atoms in total. The maximum absolute atomic E-state index is 12.5. The van der Waals surface area contributed by atoms with Gasteiger partial charge in [0.05, 0.1) is 17.9 Å². The van der Waals surface area contributed by atoms with Crippen molar-refractivity contribution in [1.29, 1.82) is 0 Å². The molecule has 2 atom stereocenters. The lowest BCUT2D eigenvalue weighted by Gasteiger charge is -2.29. The van der Waals surface area contributed by atoms with Gasteiger partial charge in [-0.15, -0.1) is 0 Å². The molecule has 1 aliphatic heterocycles. The van der Waals surface area contributed by atoms with Gasteiger partial charge < -0.3 is 11.1 Å². The summed E-state index contributed by atoms with van der Waals surface area (Å²) >= 11 is 0. The number of H-pyrrole nitrogens is 1.